The maximum Gasteiger partial charge on any atom is 0.275 e. The van der Waals surface area contributed by atoms with Crippen LogP contribution >= 0.6 is 0 Å². The Morgan fingerprint density at radius 2 is 2.18 bits per heavy atom. The molecule has 6 nitrogen and oxygen atoms in total. The summed E-state index contributed by atoms with van der Waals surface area (Å²) >= 11 is 0. The van der Waals surface area contributed by atoms with Gasteiger partial charge in [0.25, 0.3) is 5.91 Å². The Hall–Kier alpha value is -2.37. The molecular weight excluding hydrogens is 218 g/mol. The quantitative estimate of drug-likeness (QED) is 0.830. The summed E-state index contributed by atoms with van der Waals surface area (Å²) < 4.78 is 1.58. The van der Waals surface area contributed by atoms with E-state index in [0.29, 0.717) is 17.3 Å². The van der Waals surface area contributed by atoms with Crippen molar-refractivity contribution < 1.29 is 4.79 Å². The molecule has 0 aromatic carbocycles. The Morgan fingerprint density at radius 3 is 2.82 bits per heavy atom. The summed E-state index contributed by atoms with van der Waals surface area (Å²) in [6.07, 6.45) is 1.62. The number of aryl methyl sites for hydroxylation is 1. The molecule has 0 atom stereocenters. The van der Waals surface area contributed by atoms with Gasteiger partial charge in [0.05, 0.1) is 6.20 Å². The van der Waals surface area contributed by atoms with Crippen LogP contribution in [0.15, 0.2) is 30.5 Å². The minimum Gasteiger partial charge on any atom is -0.373 e. The number of carbonyl (C=O) groups excluding carboxylic acids is 1. The number of nitrogens with zero attached hydrogens (tertiary/aromatic N) is 3. The second-order valence-corrected chi connectivity index (χ2v) is 3.45. The molecule has 0 unspecified atom stereocenters. The minimum atomic E-state index is -0.259. The summed E-state index contributed by atoms with van der Waals surface area (Å²) in [5.74, 6) is 1.03. The number of rotatable bonds is 3. The maximum absolute atomic E-state index is 11.9. The normalized spacial score (nSPS) is 10.0. The lowest BCUT2D eigenvalue weighted by molar-refractivity contribution is 0.102. The first-order valence-electron chi connectivity index (χ1n) is 5.15. The molecule has 0 saturated heterocycles. The lowest BCUT2D eigenvalue weighted by Crippen LogP contribution is -2.16. The monoisotopic (exact) mass is 231 g/mol. The van der Waals surface area contributed by atoms with Crippen LogP contribution in [0, 0.1) is 0 Å². The molecule has 2 heterocycles. The van der Waals surface area contributed by atoms with Crippen LogP contribution in [0.25, 0.3) is 0 Å². The molecule has 6 heteroatoms. The highest BCUT2D eigenvalue weighted by Gasteiger charge is 2.09. The lowest BCUT2D eigenvalue weighted by Gasteiger charge is -2.05. The molecule has 2 aromatic rings. The molecule has 17 heavy (non-hydrogen) atoms. The number of pyridine rings is 1. The van der Waals surface area contributed by atoms with Gasteiger partial charge in [0.15, 0.2) is 0 Å². The van der Waals surface area contributed by atoms with Crippen molar-refractivity contribution in [2.45, 2.75) is 0 Å². The molecule has 0 saturated carbocycles. The predicted molar refractivity (Wildman–Crippen MR) is 64.9 cm³/mol. The first-order valence-corrected chi connectivity index (χ1v) is 5.15. The molecule has 0 fully saturated rings. The first-order chi connectivity index (χ1) is 8.20. The smallest absolute Gasteiger partial charge is 0.275 e. The summed E-state index contributed by atoms with van der Waals surface area (Å²) in [6, 6.07) is 6.95. The van der Waals surface area contributed by atoms with E-state index >= 15 is 0 Å². The third kappa shape index (κ3) is 2.41. The average molecular weight is 231 g/mol. The highest BCUT2D eigenvalue weighted by Crippen LogP contribution is 2.08. The van der Waals surface area contributed by atoms with Crippen molar-refractivity contribution in [3.05, 3.63) is 36.2 Å². The van der Waals surface area contributed by atoms with Gasteiger partial charge in [-0.25, -0.2) is 4.98 Å². The summed E-state index contributed by atoms with van der Waals surface area (Å²) in [6.45, 7) is 0. The zero-order chi connectivity index (χ0) is 12.3. The van der Waals surface area contributed by atoms with E-state index in [1.165, 1.54) is 0 Å². The van der Waals surface area contributed by atoms with Gasteiger partial charge in [-0.15, -0.1) is 0 Å². The van der Waals surface area contributed by atoms with E-state index in [1.807, 2.05) is 0 Å². The first kappa shape index (κ1) is 11.1. The molecule has 0 bridgehead atoms. The highest BCUT2D eigenvalue weighted by molar-refractivity contribution is 6.02. The SMILES string of the molecule is CNc1cccc(C(=O)Nc2ccnn2C)n1. The van der Waals surface area contributed by atoms with Gasteiger partial charge in [-0.3, -0.25) is 9.48 Å². The van der Waals surface area contributed by atoms with Crippen LogP contribution in [0.3, 0.4) is 0 Å². The number of carbonyl (C=O) groups is 1. The fourth-order valence-electron chi connectivity index (χ4n) is 1.38. The molecular formula is C11H13N5O. The van der Waals surface area contributed by atoms with E-state index < -0.39 is 0 Å². The lowest BCUT2D eigenvalue weighted by atomic mass is 10.3. The Bertz CT molecular complexity index is 534. The van der Waals surface area contributed by atoms with Gasteiger partial charge in [0, 0.05) is 20.2 Å². The second-order valence-electron chi connectivity index (χ2n) is 3.45. The number of amides is 1. The Kier molecular flexibility index (Phi) is 3.04. The summed E-state index contributed by atoms with van der Waals surface area (Å²) in [7, 11) is 3.51. The average Bonchev–Trinajstić information content (AvgIpc) is 2.75. The Labute approximate surface area is 98.7 Å². The molecule has 0 radical (unpaired) electrons. The van der Waals surface area contributed by atoms with E-state index in [0.717, 1.165) is 0 Å². The van der Waals surface area contributed by atoms with Gasteiger partial charge in [0.2, 0.25) is 0 Å². The molecule has 0 aliphatic carbocycles. The van der Waals surface area contributed by atoms with Crippen molar-refractivity contribution in [1.29, 1.82) is 0 Å². The molecule has 1 amide bonds. The summed E-state index contributed by atoms with van der Waals surface area (Å²) in [4.78, 5) is 16.0. The zero-order valence-corrected chi connectivity index (χ0v) is 9.64. The predicted octanol–water partition coefficient (Wildman–Crippen LogP) is 1.11. The largest absolute Gasteiger partial charge is 0.373 e. The van der Waals surface area contributed by atoms with Gasteiger partial charge < -0.3 is 10.6 Å². The second kappa shape index (κ2) is 4.65. The Balaban J connectivity index is 2.17. The maximum atomic E-state index is 11.9. The van der Waals surface area contributed by atoms with Crippen LogP contribution in [-0.4, -0.2) is 27.7 Å². The summed E-state index contributed by atoms with van der Waals surface area (Å²) in [5.41, 5.74) is 0.359. The van der Waals surface area contributed by atoms with E-state index in [2.05, 4.69) is 20.7 Å². The number of nitrogens with one attached hydrogen (secondary N) is 2. The van der Waals surface area contributed by atoms with Crippen LogP contribution < -0.4 is 10.6 Å². The molecule has 2 aromatic heterocycles. The fourth-order valence-corrected chi connectivity index (χ4v) is 1.38. The molecule has 0 aliphatic heterocycles. The van der Waals surface area contributed by atoms with Crippen molar-refractivity contribution in [3.63, 3.8) is 0 Å². The van der Waals surface area contributed by atoms with Gasteiger partial charge in [-0.2, -0.15) is 5.10 Å². The highest BCUT2D eigenvalue weighted by atomic mass is 16.2. The molecule has 0 aliphatic rings. The minimum absolute atomic E-state index is 0.259. The van der Waals surface area contributed by atoms with Crippen molar-refractivity contribution in [2.24, 2.45) is 7.05 Å². The van der Waals surface area contributed by atoms with Crippen LogP contribution in [-0.2, 0) is 7.05 Å². The summed E-state index contributed by atoms with van der Waals surface area (Å²) in [5, 5.41) is 9.58. The molecule has 88 valence electrons. The number of hydrogen-bond acceptors (Lipinski definition) is 4. The number of anilines is 2. The van der Waals surface area contributed by atoms with Crippen molar-refractivity contribution >= 4 is 17.5 Å². The third-order valence-corrected chi connectivity index (χ3v) is 2.30. The van der Waals surface area contributed by atoms with Gasteiger partial charge >= 0.3 is 0 Å². The van der Waals surface area contributed by atoms with Gasteiger partial charge in [0.1, 0.15) is 17.3 Å². The number of aromatic nitrogens is 3. The Morgan fingerprint density at radius 1 is 1.35 bits per heavy atom. The van der Waals surface area contributed by atoms with Crippen LogP contribution in [0.4, 0.5) is 11.6 Å². The van der Waals surface area contributed by atoms with Crippen LogP contribution in [0.2, 0.25) is 0 Å². The standard InChI is InChI=1S/C11H13N5O/c1-12-9-5-3-4-8(14-9)11(17)15-10-6-7-13-16(10)2/h3-7H,1-2H3,(H,12,14)(H,15,17). The third-order valence-electron chi connectivity index (χ3n) is 2.30. The van der Waals surface area contributed by atoms with Gasteiger partial charge in [-0.1, -0.05) is 6.07 Å². The van der Waals surface area contributed by atoms with E-state index in [4.69, 9.17) is 0 Å². The van der Waals surface area contributed by atoms with Crippen molar-refractivity contribution in [3.8, 4) is 0 Å². The van der Waals surface area contributed by atoms with E-state index in [9.17, 15) is 4.79 Å². The zero-order valence-electron chi connectivity index (χ0n) is 9.64. The number of hydrogen-bond donors (Lipinski definition) is 2. The van der Waals surface area contributed by atoms with E-state index in [1.54, 1.807) is 49.2 Å². The molecule has 0 spiro atoms. The van der Waals surface area contributed by atoms with Crippen molar-refractivity contribution in [2.75, 3.05) is 17.7 Å². The van der Waals surface area contributed by atoms with E-state index in [-0.39, 0.29) is 5.91 Å². The topological polar surface area (TPSA) is 71.8 Å². The van der Waals surface area contributed by atoms with Gasteiger partial charge in [-0.05, 0) is 12.1 Å². The molecule has 2 N–H and O–H groups in total. The van der Waals surface area contributed by atoms with Crippen LogP contribution in [0.5, 0.6) is 0 Å². The van der Waals surface area contributed by atoms with Crippen LogP contribution in [0.1, 0.15) is 10.5 Å². The fraction of sp³-hybridized carbons (Fsp3) is 0.182. The molecule has 2 rings (SSSR count). The van der Waals surface area contributed by atoms with Crippen molar-refractivity contribution in [1.82, 2.24) is 14.8 Å².